The highest BCUT2D eigenvalue weighted by atomic mass is 19.4. The van der Waals surface area contributed by atoms with E-state index in [1.54, 1.807) is 0 Å². The summed E-state index contributed by atoms with van der Waals surface area (Å²) < 4.78 is 79.9. The number of amides is 3. The topological polar surface area (TPSA) is 105 Å². The molecular weight excluding hydrogens is 488 g/mol. The molecule has 14 heteroatoms. The van der Waals surface area contributed by atoms with Crippen LogP contribution in [-0.2, 0) is 23.9 Å². The molecule has 2 aliphatic heterocycles. The van der Waals surface area contributed by atoms with Crippen LogP contribution in [0.25, 0.3) is 0 Å². The lowest BCUT2D eigenvalue weighted by molar-refractivity contribution is -0.321. The van der Waals surface area contributed by atoms with Crippen molar-refractivity contribution >= 4 is 23.5 Å². The van der Waals surface area contributed by atoms with Crippen LogP contribution in [0.1, 0.15) is 38.5 Å². The third-order valence-corrected chi connectivity index (χ3v) is 7.35. The quantitative estimate of drug-likeness (QED) is 0.481. The summed E-state index contributed by atoms with van der Waals surface area (Å²) in [4.78, 5) is 51.5. The number of Topliss-reactive ketones (excluding diaryl/α,β-unsaturated/α-hetero) is 1. The Kier molecular flexibility index (Phi) is 6.56. The first kappa shape index (κ1) is 25.7. The van der Waals surface area contributed by atoms with E-state index in [9.17, 15) is 45.5 Å². The normalized spacial score (nSPS) is 30.2. The molecule has 0 aromatic heterocycles. The Morgan fingerprint density at radius 3 is 2.37 bits per heavy atom. The number of nitrogens with zero attached hydrogens (tertiary/aromatic N) is 1. The lowest BCUT2D eigenvalue weighted by Crippen LogP contribution is -2.52. The van der Waals surface area contributed by atoms with E-state index in [4.69, 9.17) is 0 Å². The van der Waals surface area contributed by atoms with E-state index >= 15 is 0 Å². The largest absolute Gasteiger partial charge is 0.522 e. The Morgan fingerprint density at radius 1 is 1.17 bits per heavy atom. The lowest BCUT2D eigenvalue weighted by Gasteiger charge is -2.27. The highest BCUT2D eigenvalue weighted by Crippen LogP contribution is 2.57. The van der Waals surface area contributed by atoms with Crippen LogP contribution >= 0.6 is 0 Å². The molecule has 5 atom stereocenters. The van der Waals surface area contributed by atoms with Gasteiger partial charge >= 0.3 is 12.5 Å². The van der Waals surface area contributed by atoms with Crippen molar-refractivity contribution in [3.8, 4) is 0 Å². The van der Waals surface area contributed by atoms with Gasteiger partial charge in [-0.25, -0.2) is 0 Å². The molecule has 0 aromatic rings. The lowest BCUT2D eigenvalue weighted by atomic mass is 9.95. The fourth-order valence-electron chi connectivity index (χ4n) is 5.05. The van der Waals surface area contributed by atoms with Gasteiger partial charge in [0.25, 0.3) is 0 Å². The molecule has 3 amide bonds. The summed E-state index contributed by atoms with van der Waals surface area (Å²) in [7, 11) is 0. The van der Waals surface area contributed by atoms with Gasteiger partial charge in [0.2, 0.25) is 17.7 Å². The maximum absolute atomic E-state index is 13.1. The third kappa shape index (κ3) is 5.89. The maximum Gasteiger partial charge on any atom is 0.522 e. The third-order valence-electron chi connectivity index (χ3n) is 7.35. The van der Waals surface area contributed by atoms with Gasteiger partial charge in [0.1, 0.15) is 12.6 Å². The minimum absolute atomic E-state index is 0.117. The van der Waals surface area contributed by atoms with Gasteiger partial charge in [-0.3, -0.25) is 23.9 Å². The van der Waals surface area contributed by atoms with Gasteiger partial charge in [0.05, 0.1) is 17.9 Å². The fraction of sp³-hybridized carbons (Fsp3) is 0.810. The summed E-state index contributed by atoms with van der Waals surface area (Å²) in [5, 5.41) is 4.90. The second-order valence-electron chi connectivity index (χ2n) is 9.95. The van der Waals surface area contributed by atoms with E-state index < -0.39 is 72.5 Å². The number of rotatable bonds is 8. The number of nitrogens with one attached hydrogen (secondary N) is 2. The van der Waals surface area contributed by atoms with Gasteiger partial charge < -0.3 is 15.5 Å². The molecule has 4 fully saturated rings. The van der Waals surface area contributed by atoms with E-state index in [-0.39, 0.29) is 31.2 Å². The first-order valence-electron chi connectivity index (χ1n) is 11.4. The predicted octanol–water partition coefficient (Wildman–Crippen LogP) is 1.68. The van der Waals surface area contributed by atoms with Crippen molar-refractivity contribution in [3.05, 3.63) is 0 Å². The van der Waals surface area contributed by atoms with E-state index in [1.807, 2.05) is 0 Å². The van der Waals surface area contributed by atoms with Crippen LogP contribution in [0.15, 0.2) is 0 Å². The van der Waals surface area contributed by atoms with E-state index in [0.29, 0.717) is 25.8 Å². The Morgan fingerprint density at radius 2 is 1.86 bits per heavy atom. The molecule has 35 heavy (non-hydrogen) atoms. The summed E-state index contributed by atoms with van der Waals surface area (Å²) in [5.41, 5.74) is -0.371. The standard InChI is InChI=1S/C21H25F6N3O5/c22-20(23,24)12-6-11(12)18(34)30-9-19(2-3-19)7-14(30)17(33)29-13(5-10-1-4-28-16(10)32)15(31)8-35-21(25,26)27/h10-14H,1-9H2,(H,28,32)(H,29,33)/t10-,11+,12+,13-,14-/m0/s1. The number of likely N-dealkylation sites (tertiary alicyclic amines) is 1. The molecule has 196 valence electrons. The summed E-state index contributed by atoms with van der Waals surface area (Å²) in [5.74, 6) is -6.87. The minimum atomic E-state index is -5.08. The zero-order chi connectivity index (χ0) is 25.8. The van der Waals surface area contributed by atoms with E-state index in [0.717, 1.165) is 4.90 Å². The fourth-order valence-corrected chi connectivity index (χ4v) is 5.05. The number of ketones is 1. The molecule has 0 unspecified atom stereocenters. The summed E-state index contributed by atoms with van der Waals surface area (Å²) >= 11 is 0. The zero-order valence-electron chi connectivity index (χ0n) is 18.5. The Balaban J connectivity index is 1.46. The first-order valence-corrected chi connectivity index (χ1v) is 11.4. The van der Waals surface area contributed by atoms with Gasteiger partial charge in [0.15, 0.2) is 5.78 Å². The molecular formula is C21H25F6N3O5. The van der Waals surface area contributed by atoms with Crippen LogP contribution in [0.3, 0.4) is 0 Å². The second kappa shape index (κ2) is 8.93. The molecule has 2 heterocycles. The van der Waals surface area contributed by atoms with Crippen molar-refractivity contribution in [2.45, 2.75) is 63.1 Å². The van der Waals surface area contributed by atoms with Gasteiger partial charge in [-0.1, -0.05) is 0 Å². The zero-order valence-corrected chi connectivity index (χ0v) is 18.5. The highest BCUT2D eigenvalue weighted by Gasteiger charge is 2.63. The molecule has 0 aromatic carbocycles. The van der Waals surface area contributed by atoms with Crippen LogP contribution in [0, 0.1) is 23.2 Å². The van der Waals surface area contributed by atoms with Crippen LogP contribution in [0.4, 0.5) is 26.3 Å². The van der Waals surface area contributed by atoms with E-state index in [2.05, 4.69) is 15.4 Å². The number of ether oxygens (including phenoxy) is 1. The van der Waals surface area contributed by atoms with Crippen molar-refractivity contribution in [2.24, 2.45) is 23.2 Å². The molecule has 8 nitrogen and oxygen atoms in total. The number of halogens is 6. The highest BCUT2D eigenvalue weighted by molar-refractivity contribution is 5.95. The van der Waals surface area contributed by atoms with Crippen LogP contribution in [0.2, 0.25) is 0 Å². The van der Waals surface area contributed by atoms with Gasteiger partial charge in [-0.15, -0.1) is 13.2 Å². The number of carbonyl (C=O) groups is 4. The number of carbonyl (C=O) groups excluding carboxylic acids is 4. The van der Waals surface area contributed by atoms with Crippen molar-refractivity contribution in [3.63, 3.8) is 0 Å². The summed E-state index contributed by atoms with van der Waals surface area (Å²) in [6, 6.07) is -2.63. The van der Waals surface area contributed by atoms with Crippen LogP contribution in [0.5, 0.6) is 0 Å². The Hall–Kier alpha value is -2.38. The molecule has 2 saturated carbocycles. The van der Waals surface area contributed by atoms with Crippen molar-refractivity contribution in [2.75, 3.05) is 19.7 Å². The molecule has 4 aliphatic rings. The number of alkyl halides is 6. The van der Waals surface area contributed by atoms with Crippen molar-refractivity contribution < 1.29 is 50.3 Å². The van der Waals surface area contributed by atoms with Gasteiger partial charge in [-0.05, 0) is 43.9 Å². The van der Waals surface area contributed by atoms with Crippen LogP contribution < -0.4 is 10.6 Å². The minimum Gasteiger partial charge on any atom is -0.356 e. The molecule has 2 N–H and O–H groups in total. The van der Waals surface area contributed by atoms with Gasteiger partial charge in [0, 0.05) is 19.0 Å². The number of hydrogen-bond donors (Lipinski definition) is 2. The molecule has 1 spiro atoms. The molecule has 2 aliphatic carbocycles. The molecule has 0 radical (unpaired) electrons. The smallest absolute Gasteiger partial charge is 0.356 e. The summed E-state index contributed by atoms with van der Waals surface area (Å²) in [6.45, 7) is -0.951. The first-order chi connectivity index (χ1) is 16.2. The Labute approximate surface area is 196 Å². The SMILES string of the molecule is O=C1NCC[C@H]1C[C@H](NC(=O)[C@@H]1CC2(CC2)CN1C(=O)[C@@H]1C[C@H]1C(F)(F)F)C(=O)COC(F)(F)F. The van der Waals surface area contributed by atoms with E-state index in [1.165, 1.54) is 0 Å². The second-order valence-corrected chi connectivity index (χ2v) is 9.95. The Bertz CT molecular complexity index is 903. The van der Waals surface area contributed by atoms with Gasteiger partial charge in [-0.2, -0.15) is 13.2 Å². The molecule has 4 rings (SSSR count). The average molecular weight is 513 g/mol. The van der Waals surface area contributed by atoms with Crippen LogP contribution in [-0.4, -0.2) is 72.7 Å². The molecule has 2 saturated heterocycles. The monoisotopic (exact) mass is 513 g/mol. The van der Waals surface area contributed by atoms with Crippen molar-refractivity contribution in [1.82, 2.24) is 15.5 Å². The average Bonchev–Trinajstić information content (AvgIpc) is 3.63. The van der Waals surface area contributed by atoms with Crippen molar-refractivity contribution in [1.29, 1.82) is 0 Å². The number of hydrogen-bond acceptors (Lipinski definition) is 5. The maximum atomic E-state index is 13.1. The molecule has 0 bridgehead atoms. The summed E-state index contributed by atoms with van der Waals surface area (Å²) in [6.07, 6.45) is -8.33. The predicted molar refractivity (Wildman–Crippen MR) is 104 cm³/mol.